The maximum atomic E-state index is 9.17. The van der Waals surface area contributed by atoms with Crippen LogP contribution in [0.1, 0.15) is 0 Å². The third-order valence-corrected chi connectivity index (χ3v) is 1.65. The van der Waals surface area contributed by atoms with Gasteiger partial charge in [0.2, 0.25) is 0 Å². The van der Waals surface area contributed by atoms with E-state index in [2.05, 4.69) is 9.57 Å². The van der Waals surface area contributed by atoms with Gasteiger partial charge in [0, 0.05) is 0 Å². The van der Waals surface area contributed by atoms with E-state index in [4.69, 9.17) is 21.2 Å². The molecule has 1 fully saturated rings. The van der Waals surface area contributed by atoms with Gasteiger partial charge in [-0.05, 0) is 0 Å². The molecule has 66 valence electrons. The van der Waals surface area contributed by atoms with Crippen molar-refractivity contribution in [2.75, 3.05) is 6.61 Å². The van der Waals surface area contributed by atoms with Crippen LogP contribution in [0, 0.1) is 0 Å². The molecule has 0 radical (unpaired) electrons. The number of nitrogens with two attached hydrogens (primary N) is 1. The molecule has 4 atom stereocenters. The van der Waals surface area contributed by atoms with Crippen LogP contribution in [0.4, 0.5) is 0 Å². The second-order valence-electron chi connectivity index (χ2n) is 2.34. The molecule has 0 saturated carbocycles. The van der Waals surface area contributed by atoms with E-state index in [1.54, 1.807) is 0 Å². The van der Waals surface area contributed by atoms with Gasteiger partial charge in [-0.25, -0.2) is 5.90 Å². The fourth-order valence-corrected chi connectivity index (χ4v) is 1.02. The van der Waals surface area contributed by atoms with Gasteiger partial charge in [0.25, 0.3) is 0 Å². The molecule has 0 spiro atoms. The Morgan fingerprint density at radius 2 is 2.09 bits per heavy atom. The third-order valence-electron chi connectivity index (χ3n) is 1.65. The maximum absolute atomic E-state index is 9.17. The Hall–Kier alpha value is -0.240. The lowest BCUT2D eigenvalue weighted by Crippen LogP contribution is -2.38. The first-order chi connectivity index (χ1) is 5.20. The number of aliphatic hydroxyl groups is 3. The lowest BCUT2D eigenvalue weighted by atomic mass is 10.1. The molecular formula is C5H11NO5. The molecule has 1 heterocycles. The van der Waals surface area contributed by atoms with Crippen molar-refractivity contribution in [1.29, 1.82) is 0 Å². The second kappa shape index (κ2) is 3.44. The van der Waals surface area contributed by atoms with Gasteiger partial charge >= 0.3 is 0 Å². The van der Waals surface area contributed by atoms with Crippen molar-refractivity contribution in [3.8, 4) is 0 Å². The quantitative estimate of drug-likeness (QED) is 0.332. The standard InChI is InChI=1S/C5H11NO5/c6-11-4-3(8)2(1-7)10-5(4)9/h2-5,7-9H,1,6H2/t2-,3+,4-,5+/m1/s1. The monoisotopic (exact) mass is 165 g/mol. The molecule has 1 aliphatic heterocycles. The fraction of sp³-hybridized carbons (Fsp3) is 1.00. The Labute approximate surface area is 63.1 Å². The average Bonchev–Trinajstić information content (AvgIpc) is 2.26. The average molecular weight is 165 g/mol. The lowest BCUT2D eigenvalue weighted by Gasteiger charge is -2.13. The molecule has 0 amide bonds. The van der Waals surface area contributed by atoms with Crippen molar-refractivity contribution in [1.82, 2.24) is 0 Å². The van der Waals surface area contributed by atoms with Crippen molar-refractivity contribution in [3.63, 3.8) is 0 Å². The number of rotatable bonds is 2. The van der Waals surface area contributed by atoms with Gasteiger partial charge in [0.15, 0.2) is 12.4 Å². The Morgan fingerprint density at radius 1 is 1.45 bits per heavy atom. The van der Waals surface area contributed by atoms with E-state index in [1.165, 1.54) is 0 Å². The van der Waals surface area contributed by atoms with Gasteiger partial charge in [-0.3, -0.25) is 4.84 Å². The van der Waals surface area contributed by atoms with E-state index >= 15 is 0 Å². The predicted octanol–water partition coefficient (Wildman–Crippen LogP) is -2.68. The van der Waals surface area contributed by atoms with Crippen molar-refractivity contribution >= 4 is 0 Å². The number of aliphatic hydroxyl groups excluding tert-OH is 3. The molecule has 6 nitrogen and oxygen atoms in total. The van der Waals surface area contributed by atoms with Crippen LogP contribution in [0.5, 0.6) is 0 Å². The molecule has 5 N–H and O–H groups in total. The molecule has 0 aliphatic carbocycles. The fourth-order valence-electron chi connectivity index (χ4n) is 1.02. The summed E-state index contributed by atoms with van der Waals surface area (Å²) in [6, 6.07) is 0. The molecule has 0 aromatic carbocycles. The van der Waals surface area contributed by atoms with Gasteiger partial charge in [-0.15, -0.1) is 0 Å². The van der Waals surface area contributed by atoms with E-state index in [0.717, 1.165) is 0 Å². The first-order valence-corrected chi connectivity index (χ1v) is 3.18. The zero-order chi connectivity index (χ0) is 8.43. The van der Waals surface area contributed by atoms with Gasteiger partial charge in [-0.1, -0.05) is 0 Å². The van der Waals surface area contributed by atoms with E-state index in [1.807, 2.05) is 0 Å². The van der Waals surface area contributed by atoms with Gasteiger partial charge < -0.3 is 20.1 Å². The molecule has 0 aromatic rings. The zero-order valence-corrected chi connectivity index (χ0v) is 5.75. The van der Waals surface area contributed by atoms with Crippen LogP contribution < -0.4 is 5.90 Å². The molecule has 11 heavy (non-hydrogen) atoms. The summed E-state index contributed by atoms with van der Waals surface area (Å²) in [6.07, 6.45) is -4.15. The maximum Gasteiger partial charge on any atom is 0.186 e. The SMILES string of the molecule is NO[C@@H]1[C@@H](O)[C@@H](CO)O[C@@H]1O. The van der Waals surface area contributed by atoms with Gasteiger partial charge in [-0.2, -0.15) is 0 Å². The van der Waals surface area contributed by atoms with Crippen LogP contribution in [-0.4, -0.2) is 46.5 Å². The highest BCUT2D eigenvalue weighted by atomic mass is 16.7. The van der Waals surface area contributed by atoms with Crippen LogP contribution >= 0.6 is 0 Å². The zero-order valence-electron chi connectivity index (χ0n) is 5.75. The summed E-state index contributed by atoms with van der Waals surface area (Å²) in [4.78, 5) is 4.23. The molecule has 6 heteroatoms. The minimum Gasteiger partial charge on any atom is -0.394 e. The molecule has 0 unspecified atom stereocenters. The number of ether oxygens (including phenoxy) is 1. The summed E-state index contributed by atoms with van der Waals surface area (Å²) in [6.45, 7) is -0.377. The Morgan fingerprint density at radius 3 is 2.36 bits per heavy atom. The predicted molar refractivity (Wildman–Crippen MR) is 33.0 cm³/mol. The topological polar surface area (TPSA) is 105 Å². The van der Waals surface area contributed by atoms with Gasteiger partial charge in [0.1, 0.15) is 12.2 Å². The van der Waals surface area contributed by atoms with Crippen LogP contribution in [0.2, 0.25) is 0 Å². The van der Waals surface area contributed by atoms with E-state index in [0.29, 0.717) is 0 Å². The molecule has 1 rings (SSSR count). The lowest BCUT2D eigenvalue weighted by molar-refractivity contribution is -0.148. The first kappa shape index (κ1) is 8.85. The van der Waals surface area contributed by atoms with Crippen molar-refractivity contribution in [2.24, 2.45) is 5.90 Å². The second-order valence-corrected chi connectivity index (χ2v) is 2.34. The minimum atomic E-state index is -1.27. The van der Waals surface area contributed by atoms with Crippen molar-refractivity contribution in [3.05, 3.63) is 0 Å². The summed E-state index contributed by atoms with van der Waals surface area (Å²) in [7, 11) is 0. The van der Waals surface area contributed by atoms with E-state index < -0.39 is 24.6 Å². The number of hydrogen-bond acceptors (Lipinski definition) is 6. The van der Waals surface area contributed by atoms with E-state index in [-0.39, 0.29) is 6.61 Å². The van der Waals surface area contributed by atoms with Gasteiger partial charge in [0.05, 0.1) is 6.61 Å². The highest BCUT2D eigenvalue weighted by molar-refractivity contribution is 4.85. The molecule has 1 saturated heterocycles. The van der Waals surface area contributed by atoms with Crippen LogP contribution in [0.15, 0.2) is 0 Å². The van der Waals surface area contributed by atoms with Crippen LogP contribution in [-0.2, 0) is 9.57 Å². The highest BCUT2D eigenvalue weighted by Gasteiger charge is 2.43. The van der Waals surface area contributed by atoms with E-state index in [9.17, 15) is 0 Å². The molecular weight excluding hydrogens is 154 g/mol. The summed E-state index contributed by atoms with van der Waals surface area (Å²) < 4.78 is 4.68. The minimum absolute atomic E-state index is 0.377. The third kappa shape index (κ3) is 1.51. The summed E-state index contributed by atoms with van der Waals surface area (Å²) in [5, 5.41) is 26.7. The van der Waals surface area contributed by atoms with Crippen molar-refractivity contribution < 1.29 is 24.9 Å². The van der Waals surface area contributed by atoms with Crippen LogP contribution in [0.3, 0.4) is 0 Å². The number of hydrogen-bond donors (Lipinski definition) is 4. The summed E-state index contributed by atoms with van der Waals surface area (Å²) >= 11 is 0. The Bertz CT molecular complexity index is 132. The van der Waals surface area contributed by atoms with Crippen LogP contribution in [0.25, 0.3) is 0 Å². The summed E-state index contributed by atoms with van der Waals surface area (Å²) in [5.74, 6) is 4.75. The molecule has 1 aliphatic rings. The largest absolute Gasteiger partial charge is 0.394 e. The first-order valence-electron chi connectivity index (χ1n) is 3.18. The molecule has 0 bridgehead atoms. The smallest absolute Gasteiger partial charge is 0.186 e. The summed E-state index contributed by atoms with van der Waals surface area (Å²) in [5.41, 5.74) is 0. The van der Waals surface area contributed by atoms with Crippen molar-refractivity contribution in [2.45, 2.75) is 24.6 Å². The highest BCUT2D eigenvalue weighted by Crippen LogP contribution is 2.20. The normalized spacial score (nSPS) is 44.7. The Kier molecular flexibility index (Phi) is 2.77. The Balaban J connectivity index is 2.55. The molecule has 0 aromatic heterocycles.